The first-order chi connectivity index (χ1) is 10.2. The molecule has 0 fully saturated rings. The van der Waals surface area contributed by atoms with Crippen LogP contribution in [0.4, 0.5) is 11.5 Å². The molecule has 0 bridgehead atoms. The Hall–Kier alpha value is -2.89. The molecule has 0 unspecified atom stereocenters. The summed E-state index contributed by atoms with van der Waals surface area (Å²) < 4.78 is 1.83. The zero-order chi connectivity index (χ0) is 14.4. The molecule has 4 rings (SSSR count). The van der Waals surface area contributed by atoms with Crippen molar-refractivity contribution in [2.24, 2.45) is 7.05 Å². The van der Waals surface area contributed by atoms with Gasteiger partial charge in [-0.15, -0.1) is 0 Å². The molecule has 0 saturated carbocycles. The topological polar surface area (TPSA) is 71.4 Å². The molecule has 0 aliphatic carbocycles. The molecule has 0 aliphatic heterocycles. The fourth-order valence-corrected chi connectivity index (χ4v) is 2.57. The largest absolute Gasteiger partial charge is 0.337 e. The lowest BCUT2D eigenvalue weighted by Crippen LogP contribution is -1.93. The van der Waals surface area contributed by atoms with Crippen molar-refractivity contribution in [3.05, 3.63) is 42.2 Å². The molecular formula is C15H14N6. The number of hydrogen-bond acceptors (Lipinski definition) is 4. The highest BCUT2D eigenvalue weighted by molar-refractivity contribution is 5.90. The molecule has 0 radical (unpaired) electrons. The quantitative estimate of drug-likeness (QED) is 0.591. The van der Waals surface area contributed by atoms with Crippen molar-refractivity contribution < 1.29 is 0 Å². The minimum Gasteiger partial charge on any atom is -0.337 e. The van der Waals surface area contributed by atoms with E-state index in [-0.39, 0.29) is 0 Å². The molecule has 21 heavy (non-hydrogen) atoms. The maximum absolute atomic E-state index is 4.46. The van der Waals surface area contributed by atoms with Gasteiger partial charge < -0.3 is 5.32 Å². The van der Waals surface area contributed by atoms with Gasteiger partial charge in [-0.2, -0.15) is 10.2 Å². The summed E-state index contributed by atoms with van der Waals surface area (Å²) in [5, 5.41) is 16.2. The van der Waals surface area contributed by atoms with Gasteiger partial charge in [-0.05, 0) is 36.8 Å². The molecule has 6 heteroatoms. The van der Waals surface area contributed by atoms with Crippen LogP contribution in [0.2, 0.25) is 0 Å². The third kappa shape index (κ3) is 1.92. The van der Waals surface area contributed by atoms with Crippen LogP contribution in [0.15, 0.2) is 36.7 Å². The van der Waals surface area contributed by atoms with Crippen LogP contribution >= 0.6 is 0 Å². The van der Waals surface area contributed by atoms with Crippen molar-refractivity contribution in [3.63, 3.8) is 0 Å². The number of rotatable bonds is 2. The minimum absolute atomic E-state index is 0.722. The van der Waals surface area contributed by atoms with E-state index in [0.29, 0.717) is 0 Å². The summed E-state index contributed by atoms with van der Waals surface area (Å²) in [6.07, 6.45) is 3.79. The first-order valence-corrected chi connectivity index (χ1v) is 6.71. The number of aromatic amines is 1. The summed E-state index contributed by atoms with van der Waals surface area (Å²) in [5.41, 5.74) is 4.84. The van der Waals surface area contributed by atoms with Gasteiger partial charge in [-0.25, -0.2) is 0 Å². The minimum atomic E-state index is 0.722. The monoisotopic (exact) mass is 278 g/mol. The second-order valence-corrected chi connectivity index (χ2v) is 5.13. The fourth-order valence-electron chi connectivity index (χ4n) is 2.57. The Labute approximate surface area is 120 Å². The Balaban J connectivity index is 1.80. The van der Waals surface area contributed by atoms with Crippen molar-refractivity contribution in [2.75, 3.05) is 5.32 Å². The van der Waals surface area contributed by atoms with Crippen LogP contribution in [-0.4, -0.2) is 25.0 Å². The van der Waals surface area contributed by atoms with Gasteiger partial charge in [-0.3, -0.25) is 14.8 Å². The summed E-state index contributed by atoms with van der Waals surface area (Å²) in [4.78, 5) is 4.35. The Bertz CT molecular complexity index is 949. The third-order valence-electron chi connectivity index (χ3n) is 3.53. The molecule has 0 amide bonds. The number of nitrogens with one attached hydrogen (secondary N) is 2. The Kier molecular flexibility index (Phi) is 2.44. The number of pyridine rings is 1. The lowest BCUT2D eigenvalue weighted by atomic mass is 10.1. The molecule has 1 aromatic carbocycles. The number of anilines is 2. The number of benzene rings is 1. The number of nitrogens with zero attached hydrogens (tertiary/aromatic N) is 4. The van der Waals surface area contributed by atoms with Gasteiger partial charge in [0.15, 0.2) is 5.82 Å². The molecule has 0 saturated heterocycles. The summed E-state index contributed by atoms with van der Waals surface area (Å²) in [7, 11) is 1.93. The van der Waals surface area contributed by atoms with Gasteiger partial charge in [0.1, 0.15) is 5.52 Å². The van der Waals surface area contributed by atoms with Crippen LogP contribution in [0.3, 0.4) is 0 Å². The second-order valence-electron chi connectivity index (χ2n) is 5.13. The Morgan fingerprint density at radius 2 is 2.19 bits per heavy atom. The zero-order valence-corrected chi connectivity index (χ0v) is 11.8. The van der Waals surface area contributed by atoms with E-state index >= 15 is 0 Å². The number of aromatic nitrogens is 5. The molecule has 0 spiro atoms. The molecule has 3 aromatic heterocycles. The van der Waals surface area contributed by atoms with Crippen LogP contribution in [-0.2, 0) is 7.05 Å². The van der Waals surface area contributed by atoms with Crippen molar-refractivity contribution in [1.82, 2.24) is 25.0 Å². The van der Waals surface area contributed by atoms with Crippen LogP contribution in [0.25, 0.3) is 21.9 Å². The van der Waals surface area contributed by atoms with Crippen LogP contribution in [0, 0.1) is 6.92 Å². The van der Waals surface area contributed by atoms with Gasteiger partial charge in [-0.1, -0.05) is 0 Å². The van der Waals surface area contributed by atoms with E-state index in [0.717, 1.165) is 33.4 Å². The van der Waals surface area contributed by atoms with Crippen molar-refractivity contribution in [3.8, 4) is 0 Å². The summed E-state index contributed by atoms with van der Waals surface area (Å²) >= 11 is 0. The van der Waals surface area contributed by atoms with Gasteiger partial charge >= 0.3 is 0 Å². The van der Waals surface area contributed by atoms with Gasteiger partial charge in [0.2, 0.25) is 0 Å². The molecule has 104 valence electrons. The van der Waals surface area contributed by atoms with E-state index in [2.05, 4.69) is 38.6 Å². The first-order valence-electron chi connectivity index (χ1n) is 6.71. The molecule has 4 aromatic rings. The average Bonchev–Trinajstić information content (AvgIpc) is 3.03. The Morgan fingerprint density at radius 3 is 3.10 bits per heavy atom. The number of fused-ring (bicyclic) bond motifs is 2. The van der Waals surface area contributed by atoms with Crippen LogP contribution in [0.5, 0.6) is 0 Å². The zero-order valence-electron chi connectivity index (χ0n) is 11.8. The van der Waals surface area contributed by atoms with Gasteiger partial charge in [0.25, 0.3) is 0 Å². The molecule has 2 N–H and O–H groups in total. The maximum Gasteiger partial charge on any atom is 0.178 e. The van der Waals surface area contributed by atoms with Gasteiger partial charge in [0, 0.05) is 30.5 Å². The van der Waals surface area contributed by atoms with Crippen LogP contribution < -0.4 is 5.32 Å². The SMILES string of the molecule is Cc1cc(Nc2n[nH]c3cccnc23)cc2nn(C)cc12. The normalized spacial score (nSPS) is 11.3. The van der Waals surface area contributed by atoms with E-state index < -0.39 is 0 Å². The van der Waals surface area contributed by atoms with E-state index in [4.69, 9.17) is 0 Å². The maximum atomic E-state index is 4.46. The summed E-state index contributed by atoms with van der Waals surface area (Å²) in [6.45, 7) is 2.08. The molecular weight excluding hydrogens is 264 g/mol. The van der Waals surface area contributed by atoms with E-state index in [1.165, 1.54) is 5.56 Å². The smallest absolute Gasteiger partial charge is 0.178 e. The van der Waals surface area contributed by atoms with Crippen LogP contribution in [0.1, 0.15) is 5.56 Å². The lowest BCUT2D eigenvalue weighted by molar-refractivity contribution is 0.780. The molecule has 0 atom stereocenters. The number of hydrogen-bond donors (Lipinski definition) is 2. The summed E-state index contributed by atoms with van der Waals surface area (Å²) in [6, 6.07) is 7.95. The van der Waals surface area contributed by atoms with E-state index in [1.54, 1.807) is 6.20 Å². The predicted molar refractivity (Wildman–Crippen MR) is 82.6 cm³/mol. The predicted octanol–water partition coefficient (Wildman–Crippen LogP) is 2.90. The third-order valence-corrected chi connectivity index (χ3v) is 3.53. The molecule has 6 nitrogen and oxygen atoms in total. The molecule has 0 aliphatic rings. The second kappa shape index (κ2) is 4.31. The summed E-state index contributed by atoms with van der Waals surface area (Å²) in [5.74, 6) is 0.722. The van der Waals surface area contributed by atoms with E-state index in [1.807, 2.05) is 36.1 Å². The molecule has 3 heterocycles. The van der Waals surface area contributed by atoms with Crippen molar-refractivity contribution in [2.45, 2.75) is 6.92 Å². The lowest BCUT2D eigenvalue weighted by Gasteiger charge is -2.05. The fraction of sp³-hybridized carbons (Fsp3) is 0.133. The standard InChI is InChI=1S/C15H14N6/c1-9-6-10(7-13-11(9)8-21(2)20-13)17-15-14-12(18-19-15)4-3-5-16-14/h3-8H,1-2H3,(H2,17,18,19). The highest BCUT2D eigenvalue weighted by Gasteiger charge is 2.09. The first kappa shape index (κ1) is 11.9. The van der Waals surface area contributed by atoms with Gasteiger partial charge in [0.05, 0.1) is 11.0 Å². The van der Waals surface area contributed by atoms with Crippen molar-refractivity contribution in [1.29, 1.82) is 0 Å². The number of aryl methyl sites for hydroxylation is 2. The Morgan fingerprint density at radius 1 is 1.29 bits per heavy atom. The highest BCUT2D eigenvalue weighted by Crippen LogP contribution is 2.26. The van der Waals surface area contributed by atoms with E-state index in [9.17, 15) is 0 Å². The average molecular weight is 278 g/mol. The number of H-pyrrole nitrogens is 1. The van der Waals surface area contributed by atoms with Crippen molar-refractivity contribution >= 4 is 33.4 Å². The highest BCUT2D eigenvalue weighted by atomic mass is 15.2.